The highest BCUT2D eigenvalue weighted by molar-refractivity contribution is 7.13. The van der Waals surface area contributed by atoms with E-state index < -0.39 is 0 Å². The van der Waals surface area contributed by atoms with Crippen LogP contribution in [0.25, 0.3) is 16.2 Å². The second-order valence-corrected chi connectivity index (χ2v) is 4.70. The molecule has 3 aromatic heterocycles. The maximum absolute atomic E-state index is 9.09. The third kappa shape index (κ3) is 1.44. The van der Waals surface area contributed by atoms with Crippen molar-refractivity contribution in [1.29, 1.82) is 5.26 Å². The minimum Gasteiger partial charge on any atom is -0.298 e. The van der Waals surface area contributed by atoms with E-state index in [1.807, 2.05) is 34.2 Å². The Hall–Kier alpha value is -2.12. The lowest BCUT2D eigenvalue weighted by atomic mass is 10.3. The van der Waals surface area contributed by atoms with Gasteiger partial charge >= 0.3 is 0 Å². The molecule has 4 heteroatoms. The van der Waals surface area contributed by atoms with E-state index in [0.29, 0.717) is 5.69 Å². The zero-order chi connectivity index (χ0) is 11.8. The van der Waals surface area contributed by atoms with E-state index in [1.54, 1.807) is 11.3 Å². The molecule has 0 spiro atoms. The van der Waals surface area contributed by atoms with E-state index in [2.05, 4.69) is 24.0 Å². The van der Waals surface area contributed by atoms with Crippen LogP contribution in [0.3, 0.4) is 0 Å². The molecule has 17 heavy (non-hydrogen) atoms. The van der Waals surface area contributed by atoms with Crippen molar-refractivity contribution in [3.63, 3.8) is 0 Å². The van der Waals surface area contributed by atoms with Crippen LogP contribution in [-0.4, -0.2) is 9.38 Å². The molecule has 0 bridgehead atoms. The van der Waals surface area contributed by atoms with Gasteiger partial charge in [0.1, 0.15) is 6.07 Å². The van der Waals surface area contributed by atoms with E-state index >= 15 is 0 Å². The van der Waals surface area contributed by atoms with Gasteiger partial charge in [-0.25, -0.2) is 4.98 Å². The van der Waals surface area contributed by atoms with Gasteiger partial charge in [0.05, 0.1) is 10.4 Å². The molecular weight excluding hydrogens is 230 g/mol. The van der Waals surface area contributed by atoms with Crippen LogP contribution in [0.2, 0.25) is 0 Å². The van der Waals surface area contributed by atoms with Crippen LogP contribution in [0.1, 0.15) is 11.3 Å². The van der Waals surface area contributed by atoms with E-state index in [1.165, 1.54) is 5.56 Å². The summed E-state index contributed by atoms with van der Waals surface area (Å²) in [4.78, 5) is 5.54. The highest BCUT2D eigenvalue weighted by Gasteiger charge is 2.14. The molecule has 0 aliphatic heterocycles. The molecular formula is C13H9N3S. The quantitative estimate of drug-likeness (QED) is 0.654. The number of hydrogen-bond donors (Lipinski definition) is 0. The molecule has 0 amide bonds. The molecule has 0 aliphatic rings. The molecule has 0 N–H and O–H groups in total. The summed E-state index contributed by atoms with van der Waals surface area (Å²) < 4.78 is 1.97. The van der Waals surface area contributed by atoms with Gasteiger partial charge in [-0.05, 0) is 36.1 Å². The van der Waals surface area contributed by atoms with Crippen LogP contribution >= 0.6 is 11.3 Å². The van der Waals surface area contributed by atoms with E-state index in [0.717, 1.165) is 16.2 Å². The number of rotatable bonds is 1. The van der Waals surface area contributed by atoms with Gasteiger partial charge in [0.15, 0.2) is 11.5 Å². The van der Waals surface area contributed by atoms with E-state index in [9.17, 15) is 0 Å². The molecule has 0 saturated heterocycles. The second-order valence-electron chi connectivity index (χ2n) is 3.78. The average Bonchev–Trinajstić information content (AvgIpc) is 2.92. The van der Waals surface area contributed by atoms with Crippen LogP contribution < -0.4 is 0 Å². The normalized spacial score (nSPS) is 10.6. The van der Waals surface area contributed by atoms with E-state index in [4.69, 9.17) is 5.26 Å². The van der Waals surface area contributed by atoms with Crippen molar-refractivity contribution >= 4 is 16.9 Å². The number of hydrogen-bond acceptors (Lipinski definition) is 3. The SMILES string of the molecule is Cc1ccsc1-c1nc(C#N)c2ccccn12. The number of aromatic nitrogens is 2. The monoisotopic (exact) mass is 239 g/mol. The lowest BCUT2D eigenvalue weighted by Crippen LogP contribution is -1.87. The number of pyridine rings is 1. The van der Waals surface area contributed by atoms with Crippen LogP contribution in [0.15, 0.2) is 35.8 Å². The van der Waals surface area contributed by atoms with Gasteiger partial charge < -0.3 is 0 Å². The molecule has 3 aromatic rings. The largest absolute Gasteiger partial charge is 0.298 e. The fraction of sp³-hybridized carbons (Fsp3) is 0.0769. The van der Waals surface area contributed by atoms with Crippen LogP contribution in [0.5, 0.6) is 0 Å². The molecule has 0 unspecified atom stereocenters. The molecule has 3 heterocycles. The standard InChI is InChI=1S/C13H9N3S/c1-9-5-7-17-12(9)13-15-10(8-14)11-4-2-3-6-16(11)13/h2-7H,1H3. The lowest BCUT2D eigenvalue weighted by Gasteiger charge is -1.98. The highest BCUT2D eigenvalue weighted by atomic mass is 32.1. The molecule has 82 valence electrons. The number of aryl methyl sites for hydroxylation is 1. The average molecular weight is 239 g/mol. The predicted molar refractivity (Wildman–Crippen MR) is 68.0 cm³/mol. The van der Waals surface area contributed by atoms with Crippen molar-refractivity contribution in [1.82, 2.24) is 9.38 Å². The molecule has 0 aliphatic carbocycles. The van der Waals surface area contributed by atoms with Crippen LogP contribution in [-0.2, 0) is 0 Å². The Labute approximate surface area is 103 Å². The third-order valence-corrected chi connectivity index (χ3v) is 3.73. The first-order chi connectivity index (χ1) is 8.31. The Morgan fingerprint density at radius 2 is 2.24 bits per heavy atom. The number of nitrogens with zero attached hydrogens (tertiary/aromatic N) is 3. The Morgan fingerprint density at radius 3 is 2.94 bits per heavy atom. The summed E-state index contributed by atoms with van der Waals surface area (Å²) in [5.74, 6) is 0.852. The summed E-state index contributed by atoms with van der Waals surface area (Å²) in [6, 6.07) is 9.99. The van der Waals surface area contributed by atoms with Gasteiger partial charge in [0.25, 0.3) is 0 Å². The molecule has 0 atom stereocenters. The maximum atomic E-state index is 9.09. The van der Waals surface area contributed by atoms with Crippen molar-refractivity contribution in [2.45, 2.75) is 6.92 Å². The first-order valence-corrected chi connectivity index (χ1v) is 6.11. The summed E-state index contributed by atoms with van der Waals surface area (Å²) in [5.41, 5.74) is 2.53. The minimum absolute atomic E-state index is 0.480. The summed E-state index contributed by atoms with van der Waals surface area (Å²) in [7, 11) is 0. The summed E-state index contributed by atoms with van der Waals surface area (Å²) in [5, 5.41) is 11.1. The number of imidazole rings is 1. The summed E-state index contributed by atoms with van der Waals surface area (Å²) in [6.45, 7) is 2.06. The minimum atomic E-state index is 0.480. The van der Waals surface area contributed by atoms with Crippen LogP contribution in [0, 0.1) is 18.3 Å². The van der Waals surface area contributed by atoms with Crippen molar-refractivity contribution in [3.8, 4) is 16.8 Å². The van der Waals surface area contributed by atoms with Crippen molar-refractivity contribution in [3.05, 3.63) is 47.1 Å². The van der Waals surface area contributed by atoms with Crippen molar-refractivity contribution in [2.24, 2.45) is 0 Å². The molecule has 0 fully saturated rings. The molecule has 0 aromatic carbocycles. The second kappa shape index (κ2) is 3.72. The number of thiophene rings is 1. The molecule has 3 nitrogen and oxygen atoms in total. The van der Waals surface area contributed by atoms with Gasteiger partial charge in [-0.3, -0.25) is 4.40 Å². The van der Waals surface area contributed by atoms with Crippen molar-refractivity contribution < 1.29 is 0 Å². The first-order valence-electron chi connectivity index (χ1n) is 5.23. The fourth-order valence-electron chi connectivity index (χ4n) is 1.88. The third-order valence-electron chi connectivity index (χ3n) is 2.72. The van der Waals surface area contributed by atoms with Crippen LogP contribution in [0.4, 0.5) is 0 Å². The van der Waals surface area contributed by atoms with Crippen molar-refractivity contribution in [2.75, 3.05) is 0 Å². The Morgan fingerprint density at radius 1 is 1.35 bits per heavy atom. The molecule has 0 saturated carbocycles. The van der Waals surface area contributed by atoms with Gasteiger partial charge in [-0.2, -0.15) is 5.26 Å². The number of nitriles is 1. The van der Waals surface area contributed by atoms with Gasteiger partial charge in [-0.15, -0.1) is 11.3 Å². The zero-order valence-electron chi connectivity index (χ0n) is 9.21. The van der Waals surface area contributed by atoms with E-state index in [-0.39, 0.29) is 0 Å². The van der Waals surface area contributed by atoms with Gasteiger partial charge in [0.2, 0.25) is 0 Å². The smallest absolute Gasteiger partial charge is 0.166 e. The Kier molecular flexibility index (Phi) is 2.20. The maximum Gasteiger partial charge on any atom is 0.166 e. The molecule has 0 radical (unpaired) electrons. The number of fused-ring (bicyclic) bond motifs is 1. The Balaban J connectivity index is 2.39. The topological polar surface area (TPSA) is 41.1 Å². The fourth-order valence-corrected chi connectivity index (χ4v) is 2.79. The van der Waals surface area contributed by atoms with Gasteiger partial charge in [-0.1, -0.05) is 6.07 Å². The highest BCUT2D eigenvalue weighted by Crippen LogP contribution is 2.29. The first kappa shape index (κ1) is 10.1. The lowest BCUT2D eigenvalue weighted by molar-refractivity contribution is 1.16. The molecule has 3 rings (SSSR count). The zero-order valence-corrected chi connectivity index (χ0v) is 10.0. The van der Waals surface area contributed by atoms with Gasteiger partial charge in [0, 0.05) is 6.20 Å². The predicted octanol–water partition coefficient (Wildman–Crippen LogP) is 3.24. The Bertz CT molecular complexity index is 731. The summed E-state index contributed by atoms with van der Waals surface area (Å²) >= 11 is 1.65. The summed E-state index contributed by atoms with van der Waals surface area (Å²) in [6.07, 6.45) is 1.94.